The molecule has 0 saturated heterocycles. The minimum Gasteiger partial charge on any atom is -0.450 e. The molecule has 0 saturated carbocycles. The maximum Gasteiger partial charge on any atom is 0.407 e. The first kappa shape index (κ1) is 24.0. The molecule has 172 valence electrons. The lowest BCUT2D eigenvalue weighted by Gasteiger charge is -2.20. The summed E-state index contributed by atoms with van der Waals surface area (Å²) >= 11 is 12.2. The van der Waals surface area contributed by atoms with Gasteiger partial charge >= 0.3 is 6.09 Å². The molecular formula is C21H25Cl2FN6O2. The van der Waals surface area contributed by atoms with E-state index in [1.165, 1.54) is 13.8 Å². The van der Waals surface area contributed by atoms with Crippen molar-refractivity contribution >= 4 is 46.3 Å². The lowest BCUT2D eigenvalue weighted by atomic mass is 9.95. The summed E-state index contributed by atoms with van der Waals surface area (Å²) in [6, 6.07) is 3.45. The Morgan fingerprint density at radius 2 is 2.03 bits per heavy atom. The Balaban J connectivity index is 1.46. The predicted molar refractivity (Wildman–Crippen MR) is 122 cm³/mol. The number of benzene rings is 1. The Morgan fingerprint density at radius 1 is 1.28 bits per heavy atom. The van der Waals surface area contributed by atoms with Crippen molar-refractivity contribution in [2.75, 3.05) is 12.3 Å². The van der Waals surface area contributed by atoms with Crippen LogP contribution in [0.1, 0.15) is 43.4 Å². The first-order valence-corrected chi connectivity index (χ1v) is 10.9. The number of nitrogens with zero attached hydrogens (tertiary/aromatic N) is 4. The Kier molecular flexibility index (Phi) is 7.40. The fourth-order valence-electron chi connectivity index (χ4n) is 3.26. The third-order valence-electron chi connectivity index (χ3n) is 5.02. The Labute approximate surface area is 195 Å². The van der Waals surface area contributed by atoms with E-state index in [9.17, 15) is 9.18 Å². The van der Waals surface area contributed by atoms with Crippen LogP contribution in [0.4, 0.5) is 15.0 Å². The highest BCUT2D eigenvalue weighted by Crippen LogP contribution is 2.34. The quantitative estimate of drug-likeness (QED) is 0.347. The fourth-order valence-corrected chi connectivity index (χ4v) is 3.93. The number of nitrogens with one attached hydrogen (secondary N) is 1. The molecule has 0 fully saturated rings. The first-order chi connectivity index (χ1) is 15.1. The maximum absolute atomic E-state index is 14.3. The number of aryl methyl sites for hydroxylation is 2. The van der Waals surface area contributed by atoms with E-state index >= 15 is 0 Å². The fraction of sp³-hybridized carbons (Fsp3) is 0.429. The summed E-state index contributed by atoms with van der Waals surface area (Å²) in [7, 11) is 0. The molecule has 3 aromatic rings. The van der Waals surface area contributed by atoms with Crippen LogP contribution < -0.4 is 11.1 Å². The molecule has 11 heteroatoms. The van der Waals surface area contributed by atoms with E-state index in [1.807, 2.05) is 11.5 Å². The molecule has 0 spiro atoms. The minimum atomic E-state index is -1.58. The van der Waals surface area contributed by atoms with Crippen LogP contribution in [0, 0.1) is 6.92 Å². The summed E-state index contributed by atoms with van der Waals surface area (Å²) in [5, 5.41) is 3.05. The van der Waals surface area contributed by atoms with Crippen LogP contribution in [-0.4, -0.2) is 32.2 Å². The highest BCUT2D eigenvalue weighted by molar-refractivity contribution is 6.32. The number of halogens is 3. The number of amides is 1. The van der Waals surface area contributed by atoms with Gasteiger partial charge < -0.3 is 20.4 Å². The molecule has 0 radical (unpaired) electrons. The third-order valence-corrected chi connectivity index (χ3v) is 5.62. The number of hydrogen-bond acceptors (Lipinski definition) is 6. The van der Waals surface area contributed by atoms with Crippen molar-refractivity contribution in [3.63, 3.8) is 0 Å². The zero-order valence-electron chi connectivity index (χ0n) is 18.1. The van der Waals surface area contributed by atoms with Crippen LogP contribution in [0.15, 0.2) is 18.5 Å². The number of anilines is 1. The van der Waals surface area contributed by atoms with E-state index in [2.05, 4.69) is 20.3 Å². The van der Waals surface area contributed by atoms with Gasteiger partial charge in [0.25, 0.3) is 0 Å². The highest BCUT2D eigenvalue weighted by Gasteiger charge is 2.24. The number of carbonyl (C=O) groups excluding carboxylic acids is 1. The van der Waals surface area contributed by atoms with Crippen LogP contribution >= 0.6 is 23.2 Å². The number of unbranched alkanes of at least 4 members (excludes halogenated alkanes) is 1. The number of aromatic nitrogens is 4. The molecule has 2 heterocycles. The first-order valence-electron chi connectivity index (χ1n) is 10.1. The summed E-state index contributed by atoms with van der Waals surface area (Å²) in [6.07, 6.45) is 2.41. The summed E-state index contributed by atoms with van der Waals surface area (Å²) in [5.41, 5.74) is 7.19. The summed E-state index contributed by atoms with van der Waals surface area (Å²) < 4.78 is 21.4. The van der Waals surface area contributed by atoms with Crippen molar-refractivity contribution in [2.45, 2.75) is 52.4 Å². The van der Waals surface area contributed by atoms with Crippen molar-refractivity contribution in [3.8, 4) is 0 Å². The lowest BCUT2D eigenvalue weighted by Crippen LogP contribution is -2.25. The molecule has 0 bridgehead atoms. The van der Waals surface area contributed by atoms with Gasteiger partial charge in [0.2, 0.25) is 5.28 Å². The largest absolute Gasteiger partial charge is 0.450 e. The summed E-state index contributed by atoms with van der Waals surface area (Å²) in [6.45, 7) is 5.73. The average Bonchev–Trinajstić information content (AvgIpc) is 3.09. The smallest absolute Gasteiger partial charge is 0.407 e. The van der Waals surface area contributed by atoms with Crippen LogP contribution in [-0.2, 0) is 23.5 Å². The number of nitrogen functional groups attached to an aromatic ring is 1. The monoisotopic (exact) mass is 482 g/mol. The van der Waals surface area contributed by atoms with Crippen LogP contribution in [0.5, 0.6) is 0 Å². The van der Waals surface area contributed by atoms with Gasteiger partial charge in [-0.3, -0.25) is 0 Å². The minimum absolute atomic E-state index is 0.0627. The number of alkyl carbamates (subject to hydrolysis) is 1. The predicted octanol–water partition coefficient (Wildman–Crippen LogP) is 4.93. The van der Waals surface area contributed by atoms with Gasteiger partial charge in [-0.25, -0.2) is 14.2 Å². The molecule has 0 atom stereocenters. The van der Waals surface area contributed by atoms with Crippen molar-refractivity contribution in [1.29, 1.82) is 0 Å². The highest BCUT2D eigenvalue weighted by atomic mass is 35.5. The summed E-state index contributed by atoms with van der Waals surface area (Å²) in [5.74, 6) is 0.231. The standard InChI is InChI=1S/C21H25Cl2FN6O2/c1-12-6-7-14(21(2,3)24)15(22)13(12)10-26-20(31)32-9-5-4-8-30-11-27-16-17(25)28-19(23)29-18(16)30/h6-7,11H,4-5,8-10H2,1-3H3,(H,26,31)(H2,25,28,29). The second-order valence-corrected chi connectivity index (χ2v) is 8.60. The lowest BCUT2D eigenvalue weighted by molar-refractivity contribution is 0.143. The van der Waals surface area contributed by atoms with Crippen molar-refractivity contribution < 1.29 is 13.9 Å². The van der Waals surface area contributed by atoms with Gasteiger partial charge in [-0.1, -0.05) is 23.7 Å². The van der Waals surface area contributed by atoms with E-state index < -0.39 is 11.8 Å². The summed E-state index contributed by atoms with van der Waals surface area (Å²) in [4.78, 5) is 24.3. The molecule has 32 heavy (non-hydrogen) atoms. The van der Waals surface area contributed by atoms with E-state index in [1.54, 1.807) is 18.5 Å². The van der Waals surface area contributed by atoms with E-state index in [0.717, 1.165) is 12.0 Å². The molecule has 0 aliphatic carbocycles. The molecule has 3 N–H and O–H groups in total. The van der Waals surface area contributed by atoms with E-state index in [0.29, 0.717) is 40.3 Å². The van der Waals surface area contributed by atoms with Gasteiger partial charge in [0.05, 0.1) is 18.0 Å². The van der Waals surface area contributed by atoms with Gasteiger partial charge in [-0.2, -0.15) is 9.97 Å². The van der Waals surface area contributed by atoms with Crippen molar-refractivity contribution in [3.05, 3.63) is 45.5 Å². The number of alkyl halides is 1. The van der Waals surface area contributed by atoms with Crippen molar-refractivity contribution in [1.82, 2.24) is 24.8 Å². The molecule has 1 aromatic carbocycles. The Hall–Kier alpha value is -2.65. The van der Waals surface area contributed by atoms with Crippen LogP contribution in [0.25, 0.3) is 11.2 Å². The molecule has 1 amide bonds. The number of imidazole rings is 1. The van der Waals surface area contributed by atoms with E-state index in [4.69, 9.17) is 33.7 Å². The van der Waals surface area contributed by atoms with Crippen LogP contribution in [0.3, 0.4) is 0 Å². The number of rotatable bonds is 8. The van der Waals surface area contributed by atoms with Gasteiger partial charge in [0.1, 0.15) is 11.2 Å². The number of carbonyl (C=O) groups is 1. The maximum atomic E-state index is 14.3. The molecule has 8 nitrogen and oxygen atoms in total. The average molecular weight is 483 g/mol. The molecule has 0 unspecified atom stereocenters. The molecular weight excluding hydrogens is 458 g/mol. The molecule has 2 aromatic heterocycles. The molecule has 0 aliphatic heterocycles. The number of nitrogens with two attached hydrogens (primary N) is 1. The topological polar surface area (TPSA) is 108 Å². The zero-order valence-corrected chi connectivity index (χ0v) is 19.6. The second kappa shape index (κ2) is 9.87. The Morgan fingerprint density at radius 3 is 2.75 bits per heavy atom. The Bertz CT molecular complexity index is 1130. The third kappa shape index (κ3) is 5.58. The van der Waals surface area contributed by atoms with Gasteiger partial charge in [-0.15, -0.1) is 0 Å². The van der Waals surface area contributed by atoms with E-state index in [-0.39, 0.29) is 24.3 Å². The molecule has 0 aliphatic rings. The van der Waals surface area contributed by atoms with Crippen molar-refractivity contribution in [2.24, 2.45) is 0 Å². The number of hydrogen-bond donors (Lipinski definition) is 2. The normalized spacial score (nSPS) is 11.7. The van der Waals surface area contributed by atoms with Gasteiger partial charge in [0.15, 0.2) is 11.5 Å². The number of ether oxygens (including phenoxy) is 1. The van der Waals surface area contributed by atoms with Gasteiger partial charge in [0, 0.05) is 18.7 Å². The zero-order chi connectivity index (χ0) is 23.5. The SMILES string of the molecule is Cc1ccc(C(C)(C)F)c(Cl)c1CNC(=O)OCCCCn1cnc2c(N)nc(Cl)nc21. The van der Waals surface area contributed by atoms with Gasteiger partial charge in [-0.05, 0) is 56.3 Å². The van der Waals surface area contributed by atoms with Crippen LogP contribution in [0.2, 0.25) is 10.3 Å². The molecule has 3 rings (SSSR count). The second-order valence-electron chi connectivity index (χ2n) is 7.88. The number of fused-ring (bicyclic) bond motifs is 1.